The molecule has 0 amide bonds. The van der Waals surface area contributed by atoms with Crippen LogP contribution in [0.1, 0.15) is 0 Å². The number of hydrogen-bond acceptors (Lipinski definition) is 2. The van der Waals surface area contributed by atoms with E-state index in [1.807, 2.05) is 22.7 Å². The van der Waals surface area contributed by atoms with Crippen LogP contribution >= 0.6 is 22.7 Å². The highest BCUT2D eigenvalue weighted by molar-refractivity contribution is 7.26. The zero-order valence-corrected chi connectivity index (χ0v) is 52.7. The van der Waals surface area contributed by atoms with Crippen LogP contribution in [0.15, 0.2) is 340 Å². The van der Waals surface area contributed by atoms with E-state index in [0.29, 0.717) is 0 Å². The monoisotopic (exact) mass is 1230 g/mol. The molecule has 4 heterocycles. The van der Waals surface area contributed by atoms with Crippen molar-refractivity contribution in [2.75, 3.05) is 0 Å². The molecule has 2 nitrogen and oxygen atoms in total. The summed E-state index contributed by atoms with van der Waals surface area (Å²) in [5, 5.41) is 10.2. The molecule has 15 aromatic carbocycles. The van der Waals surface area contributed by atoms with Crippen LogP contribution in [0.3, 0.4) is 0 Å². The second-order valence-corrected chi connectivity index (χ2v) is 26.8. The van der Waals surface area contributed by atoms with E-state index < -0.39 is 0 Å². The van der Waals surface area contributed by atoms with Crippen molar-refractivity contribution in [1.82, 2.24) is 9.13 Å². The number of hydrogen-bond donors (Lipinski definition) is 0. The van der Waals surface area contributed by atoms with Crippen molar-refractivity contribution in [2.24, 2.45) is 0 Å². The summed E-state index contributed by atoms with van der Waals surface area (Å²) in [4.78, 5) is 0. The fraction of sp³-hybridized carbons (Fsp3) is 0. The van der Waals surface area contributed by atoms with Gasteiger partial charge in [-0.05, 0) is 156 Å². The Hall–Kier alpha value is -11.7. The standard InChI is InChI=1S/C90H56N2S2/c1-2-13-57(14-3-1)68-43-50-77-78-52-45-70(56-86(78)92(85(77)54-68)72-48-41-63(42-49-72)61-33-37-65(38-34-61)74-21-12-23-82-80-19-6-9-26-88(80)94-90(74)82)67-16-10-15-66(53-67)69-44-51-76-75-17-4-7-24-83(75)91(84(76)55-69)71-46-39-62(40-47-71)59-29-27-58(28-30-59)60-31-35-64(36-32-60)73-20-11-22-81-79-18-5-8-25-87(79)93-89(73)81/h1-56H. The minimum Gasteiger partial charge on any atom is -0.309 e. The topological polar surface area (TPSA) is 9.86 Å². The van der Waals surface area contributed by atoms with Gasteiger partial charge in [0.2, 0.25) is 0 Å². The Morgan fingerprint density at radius 2 is 0.457 bits per heavy atom. The summed E-state index contributed by atoms with van der Waals surface area (Å²) in [6, 6.07) is 126. The lowest BCUT2D eigenvalue weighted by Crippen LogP contribution is -1.95. The number of aromatic nitrogens is 2. The molecule has 4 heteroatoms. The SMILES string of the molecule is c1ccc(-c2ccc3c4ccc(-c5cccc(-c6ccc7c8ccccc8n(-c8ccc(-c9ccc(-c%10ccc(-c%11cccc%12c%11sc%11ccccc%11%12)cc%10)cc9)cc8)c7c6)c5)cc4n(-c4ccc(-c5ccc(-c6cccc7c6sc6ccccc67)cc5)cc4)c3c2)cc1. The van der Waals surface area contributed by atoms with E-state index in [4.69, 9.17) is 0 Å². The van der Waals surface area contributed by atoms with Crippen molar-refractivity contribution in [3.05, 3.63) is 340 Å². The average molecular weight is 1230 g/mol. The van der Waals surface area contributed by atoms with Gasteiger partial charge in [0, 0.05) is 73.3 Å². The molecule has 0 spiro atoms. The summed E-state index contributed by atoms with van der Waals surface area (Å²) in [5.74, 6) is 0. The van der Waals surface area contributed by atoms with Crippen LogP contribution in [-0.2, 0) is 0 Å². The average Bonchev–Trinajstić information content (AvgIpc) is 1.67. The number of thiophene rings is 2. The summed E-state index contributed by atoms with van der Waals surface area (Å²) in [7, 11) is 0. The maximum absolute atomic E-state index is 2.47. The highest BCUT2D eigenvalue weighted by atomic mass is 32.1. The molecule has 0 bridgehead atoms. The highest BCUT2D eigenvalue weighted by Crippen LogP contribution is 2.44. The molecule has 0 atom stereocenters. The molecule has 0 aliphatic carbocycles. The molecule has 0 saturated carbocycles. The summed E-state index contributed by atoms with van der Waals surface area (Å²) >= 11 is 3.76. The van der Waals surface area contributed by atoms with Gasteiger partial charge >= 0.3 is 0 Å². The van der Waals surface area contributed by atoms with E-state index >= 15 is 0 Å². The number of para-hydroxylation sites is 1. The molecule has 0 radical (unpaired) electrons. The summed E-state index contributed by atoms with van der Waals surface area (Å²) < 4.78 is 10.2. The molecule has 4 aromatic heterocycles. The molecule has 0 aliphatic heterocycles. The van der Waals surface area contributed by atoms with E-state index in [2.05, 4.69) is 349 Å². The Labute approximate surface area is 552 Å². The Bertz CT molecular complexity index is 6160. The third kappa shape index (κ3) is 9.05. The van der Waals surface area contributed by atoms with Crippen molar-refractivity contribution >= 4 is 107 Å². The van der Waals surface area contributed by atoms with E-state index in [9.17, 15) is 0 Å². The van der Waals surface area contributed by atoms with E-state index in [0.717, 1.165) is 11.4 Å². The number of fused-ring (bicyclic) bond motifs is 12. The van der Waals surface area contributed by atoms with Gasteiger partial charge < -0.3 is 9.13 Å². The Kier molecular flexibility index (Phi) is 12.7. The van der Waals surface area contributed by atoms with Crippen LogP contribution in [0.4, 0.5) is 0 Å². The van der Waals surface area contributed by atoms with Gasteiger partial charge in [-0.3, -0.25) is 0 Å². The molecule has 94 heavy (non-hydrogen) atoms. The van der Waals surface area contributed by atoms with Gasteiger partial charge in [0.05, 0.1) is 22.1 Å². The molecule has 438 valence electrons. The lowest BCUT2D eigenvalue weighted by atomic mass is 9.97. The summed E-state index contributed by atoms with van der Waals surface area (Å²) in [6.07, 6.45) is 0. The third-order valence-electron chi connectivity index (χ3n) is 19.4. The van der Waals surface area contributed by atoms with E-state index in [1.54, 1.807) is 0 Å². The van der Waals surface area contributed by atoms with Crippen LogP contribution < -0.4 is 0 Å². The van der Waals surface area contributed by atoms with Gasteiger partial charge in [0.1, 0.15) is 0 Å². The molecular formula is C90H56N2S2. The van der Waals surface area contributed by atoms with Crippen molar-refractivity contribution in [2.45, 2.75) is 0 Å². The quantitative estimate of drug-likeness (QED) is 0.129. The predicted octanol–water partition coefficient (Wildman–Crippen LogP) is 26.0. The first-order valence-electron chi connectivity index (χ1n) is 32.2. The first-order valence-corrected chi connectivity index (χ1v) is 33.8. The van der Waals surface area contributed by atoms with Gasteiger partial charge in [0.15, 0.2) is 0 Å². The summed E-state index contributed by atoms with van der Waals surface area (Å²) in [6.45, 7) is 0. The van der Waals surface area contributed by atoms with Crippen molar-refractivity contribution < 1.29 is 0 Å². The third-order valence-corrected chi connectivity index (χ3v) is 21.9. The van der Waals surface area contributed by atoms with Gasteiger partial charge in [-0.25, -0.2) is 0 Å². The lowest BCUT2D eigenvalue weighted by Gasteiger charge is -2.12. The van der Waals surface area contributed by atoms with Crippen LogP contribution in [-0.4, -0.2) is 9.13 Å². The van der Waals surface area contributed by atoms with Crippen LogP contribution in [0.2, 0.25) is 0 Å². The second-order valence-electron chi connectivity index (χ2n) is 24.7. The normalized spacial score (nSPS) is 11.8. The minimum absolute atomic E-state index is 1.12. The van der Waals surface area contributed by atoms with Crippen LogP contribution in [0.25, 0.3) is 184 Å². The van der Waals surface area contributed by atoms with Crippen molar-refractivity contribution in [3.63, 3.8) is 0 Å². The Balaban J connectivity index is 0.628. The summed E-state index contributed by atoms with van der Waals surface area (Å²) in [5.41, 5.74) is 26.2. The number of nitrogens with zero attached hydrogens (tertiary/aromatic N) is 2. The molecule has 0 saturated heterocycles. The van der Waals surface area contributed by atoms with Crippen LogP contribution in [0.5, 0.6) is 0 Å². The molecule has 19 rings (SSSR count). The zero-order valence-electron chi connectivity index (χ0n) is 51.0. The van der Waals surface area contributed by atoms with Crippen molar-refractivity contribution in [1.29, 1.82) is 0 Å². The first-order chi connectivity index (χ1) is 46.6. The predicted molar refractivity (Wildman–Crippen MR) is 404 cm³/mol. The van der Waals surface area contributed by atoms with Gasteiger partial charge in [-0.2, -0.15) is 0 Å². The van der Waals surface area contributed by atoms with Crippen LogP contribution in [0, 0.1) is 0 Å². The maximum Gasteiger partial charge on any atom is 0.0547 e. The molecule has 0 N–H and O–H groups in total. The van der Waals surface area contributed by atoms with Gasteiger partial charge in [-0.1, -0.05) is 273 Å². The second kappa shape index (κ2) is 22.0. The fourth-order valence-corrected chi connectivity index (χ4v) is 17.2. The fourth-order valence-electron chi connectivity index (χ4n) is 14.7. The molecular weight excluding hydrogens is 1170 g/mol. The van der Waals surface area contributed by atoms with E-state index in [-0.39, 0.29) is 0 Å². The first kappa shape index (κ1) is 54.1. The lowest BCUT2D eigenvalue weighted by molar-refractivity contribution is 1.18. The molecule has 0 unspecified atom stereocenters. The van der Waals surface area contributed by atoms with Gasteiger partial charge in [-0.15, -0.1) is 22.7 Å². The Morgan fingerprint density at radius 1 is 0.170 bits per heavy atom. The van der Waals surface area contributed by atoms with Crippen molar-refractivity contribution in [3.8, 4) is 100 Å². The highest BCUT2D eigenvalue weighted by Gasteiger charge is 2.19. The zero-order chi connectivity index (χ0) is 61.8. The molecule has 0 fully saturated rings. The number of benzene rings is 15. The number of rotatable bonds is 10. The largest absolute Gasteiger partial charge is 0.309 e. The van der Waals surface area contributed by atoms with E-state index in [1.165, 1.54) is 173 Å². The smallest absolute Gasteiger partial charge is 0.0547 e. The molecule has 0 aliphatic rings. The Morgan fingerprint density at radius 3 is 0.904 bits per heavy atom. The maximum atomic E-state index is 2.47. The van der Waals surface area contributed by atoms with Gasteiger partial charge in [0.25, 0.3) is 0 Å². The molecule has 19 aromatic rings. The minimum atomic E-state index is 1.12.